The first-order valence-electron chi connectivity index (χ1n) is 7.61. The lowest BCUT2D eigenvalue weighted by Crippen LogP contribution is -2.24. The normalized spacial score (nSPS) is 19.2. The van der Waals surface area contributed by atoms with Crippen molar-refractivity contribution in [3.05, 3.63) is 0 Å². The maximum atomic E-state index is 5.99. The minimum Gasteiger partial charge on any atom is -0.376 e. The van der Waals surface area contributed by atoms with Gasteiger partial charge >= 0.3 is 0 Å². The van der Waals surface area contributed by atoms with E-state index in [4.69, 9.17) is 4.74 Å². The van der Waals surface area contributed by atoms with E-state index in [9.17, 15) is 0 Å². The van der Waals surface area contributed by atoms with Gasteiger partial charge in [-0.1, -0.05) is 32.6 Å². The summed E-state index contributed by atoms with van der Waals surface area (Å²) in [5.41, 5.74) is 0. The van der Waals surface area contributed by atoms with Gasteiger partial charge in [0.1, 0.15) is 0 Å². The second-order valence-electron chi connectivity index (χ2n) is 5.62. The second kappa shape index (κ2) is 8.93. The Labute approximate surface area is 108 Å². The van der Waals surface area contributed by atoms with Crippen molar-refractivity contribution in [2.45, 2.75) is 90.4 Å². The molecule has 0 aromatic heterocycles. The molecule has 0 aliphatic heterocycles. The Morgan fingerprint density at radius 3 is 2.41 bits per heavy atom. The van der Waals surface area contributed by atoms with Crippen molar-refractivity contribution < 1.29 is 4.74 Å². The van der Waals surface area contributed by atoms with Crippen LogP contribution in [0.3, 0.4) is 0 Å². The van der Waals surface area contributed by atoms with Crippen molar-refractivity contribution in [1.82, 2.24) is 5.32 Å². The summed E-state index contributed by atoms with van der Waals surface area (Å²) >= 11 is 0. The largest absolute Gasteiger partial charge is 0.376 e. The quantitative estimate of drug-likeness (QED) is 0.554. The molecule has 0 bridgehead atoms. The van der Waals surface area contributed by atoms with Crippen LogP contribution in [0, 0.1) is 0 Å². The van der Waals surface area contributed by atoms with Gasteiger partial charge in [-0.2, -0.15) is 0 Å². The van der Waals surface area contributed by atoms with E-state index in [1.54, 1.807) is 0 Å². The molecule has 1 N–H and O–H groups in total. The van der Waals surface area contributed by atoms with Crippen LogP contribution in [0.15, 0.2) is 0 Å². The summed E-state index contributed by atoms with van der Waals surface area (Å²) < 4.78 is 5.99. The molecule has 0 spiro atoms. The Morgan fingerprint density at radius 1 is 1.06 bits per heavy atom. The zero-order valence-electron chi connectivity index (χ0n) is 12.0. The van der Waals surface area contributed by atoms with Crippen molar-refractivity contribution in [3.63, 3.8) is 0 Å². The zero-order valence-corrected chi connectivity index (χ0v) is 12.0. The maximum Gasteiger partial charge on any atom is 0.0562 e. The molecule has 1 aliphatic carbocycles. The Hall–Kier alpha value is -0.0800. The minimum atomic E-state index is 0.405. The van der Waals surface area contributed by atoms with E-state index in [2.05, 4.69) is 26.1 Å². The van der Waals surface area contributed by atoms with Crippen molar-refractivity contribution in [1.29, 1.82) is 0 Å². The molecule has 2 unspecified atom stereocenters. The summed E-state index contributed by atoms with van der Waals surface area (Å²) in [6.07, 6.45) is 11.3. The standard InChI is InChI=1S/C15H31NO/c1-4-5-6-7-8-13(2)17-14(3)11-12-16-15-9-10-15/h13-16H,4-12H2,1-3H3. The van der Waals surface area contributed by atoms with Crippen molar-refractivity contribution in [3.8, 4) is 0 Å². The first-order valence-corrected chi connectivity index (χ1v) is 7.61. The summed E-state index contributed by atoms with van der Waals surface area (Å²) in [7, 11) is 0. The fourth-order valence-corrected chi connectivity index (χ4v) is 2.17. The van der Waals surface area contributed by atoms with E-state index in [0.29, 0.717) is 12.2 Å². The van der Waals surface area contributed by atoms with Crippen molar-refractivity contribution >= 4 is 0 Å². The van der Waals surface area contributed by atoms with E-state index in [1.807, 2.05) is 0 Å². The Morgan fingerprint density at radius 2 is 1.76 bits per heavy atom. The number of nitrogens with one attached hydrogen (secondary N) is 1. The van der Waals surface area contributed by atoms with E-state index in [0.717, 1.165) is 19.0 Å². The molecule has 2 nitrogen and oxygen atoms in total. The average Bonchev–Trinajstić information content (AvgIpc) is 3.08. The molecule has 2 atom stereocenters. The van der Waals surface area contributed by atoms with Gasteiger partial charge in [0.25, 0.3) is 0 Å². The number of hydrogen-bond donors (Lipinski definition) is 1. The van der Waals surface area contributed by atoms with Crippen LogP contribution in [0.1, 0.15) is 72.1 Å². The van der Waals surface area contributed by atoms with Crippen molar-refractivity contribution in [2.24, 2.45) is 0 Å². The fourth-order valence-electron chi connectivity index (χ4n) is 2.17. The Kier molecular flexibility index (Phi) is 7.87. The van der Waals surface area contributed by atoms with E-state index in [1.165, 1.54) is 44.9 Å². The lowest BCUT2D eigenvalue weighted by Gasteiger charge is -2.19. The predicted octanol–water partition coefficient (Wildman–Crippen LogP) is 3.89. The highest BCUT2D eigenvalue weighted by atomic mass is 16.5. The van der Waals surface area contributed by atoms with Gasteiger partial charge in [-0.25, -0.2) is 0 Å². The molecule has 2 heteroatoms. The number of unbranched alkanes of at least 4 members (excludes halogenated alkanes) is 3. The summed E-state index contributed by atoms with van der Waals surface area (Å²) in [6, 6.07) is 0.827. The molecule has 0 aromatic carbocycles. The SMILES string of the molecule is CCCCCCC(C)OC(C)CCNC1CC1. The van der Waals surface area contributed by atoms with Crippen LogP contribution >= 0.6 is 0 Å². The second-order valence-corrected chi connectivity index (χ2v) is 5.62. The summed E-state index contributed by atoms with van der Waals surface area (Å²) in [5.74, 6) is 0. The van der Waals surface area contributed by atoms with Gasteiger partial charge in [-0.15, -0.1) is 0 Å². The zero-order chi connectivity index (χ0) is 12.5. The number of rotatable bonds is 11. The molecule has 1 saturated carbocycles. The molecule has 17 heavy (non-hydrogen) atoms. The van der Waals surface area contributed by atoms with Crippen LogP contribution in [-0.4, -0.2) is 24.8 Å². The third kappa shape index (κ3) is 8.62. The van der Waals surface area contributed by atoms with Gasteiger partial charge in [0, 0.05) is 6.04 Å². The molecule has 0 aromatic rings. The third-order valence-electron chi connectivity index (χ3n) is 3.49. The van der Waals surface area contributed by atoms with Gasteiger partial charge < -0.3 is 10.1 Å². The summed E-state index contributed by atoms with van der Waals surface area (Å²) in [5, 5.41) is 3.54. The Balaban J connectivity index is 1.89. The van der Waals surface area contributed by atoms with Gasteiger partial charge in [-0.3, -0.25) is 0 Å². The first kappa shape index (κ1) is 15.0. The molecule has 102 valence electrons. The number of ether oxygens (including phenoxy) is 1. The summed E-state index contributed by atoms with van der Waals surface area (Å²) in [4.78, 5) is 0. The highest BCUT2D eigenvalue weighted by molar-refractivity contribution is 4.80. The van der Waals surface area contributed by atoms with Gasteiger partial charge in [0.15, 0.2) is 0 Å². The topological polar surface area (TPSA) is 21.3 Å². The molecule has 0 radical (unpaired) electrons. The molecule has 0 saturated heterocycles. The van der Waals surface area contributed by atoms with Gasteiger partial charge in [0.05, 0.1) is 12.2 Å². The monoisotopic (exact) mass is 241 g/mol. The molecule has 1 aliphatic rings. The van der Waals surface area contributed by atoms with E-state index >= 15 is 0 Å². The van der Waals surface area contributed by atoms with Crippen LogP contribution in [-0.2, 0) is 4.74 Å². The molecule has 1 fully saturated rings. The van der Waals surface area contributed by atoms with Crippen LogP contribution in [0.2, 0.25) is 0 Å². The Bertz CT molecular complexity index is 180. The summed E-state index contributed by atoms with van der Waals surface area (Å²) in [6.45, 7) is 7.80. The van der Waals surface area contributed by atoms with Gasteiger partial charge in [0.2, 0.25) is 0 Å². The first-order chi connectivity index (χ1) is 8.22. The van der Waals surface area contributed by atoms with E-state index in [-0.39, 0.29) is 0 Å². The minimum absolute atomic E-state index is 0.405. The molecule has 0 heterocycles. The molecular weight excluding hydrogens is 210 g/mol. The molecular formula is C15H31NO. The number of hydrogen-bond acceptors (Lipinski definition) is 2. The maximum absolute atomic E-state index is 5.99. The van der Waals surface area contributed by atoms with Crippen LogP contribution in [0.5, 0.6) is 0 Å². The fraction of sp³-hybridized carbons (Fsp3) is 1.00. The average molecular weight is 241 g/mol. The predicted molar refractivity (Wildman–Crippen MR) is 74.4 cm³/mol. The van der Waals surface area contributed by atoms with Crippen LogP contribution < -0.4 is 5.32 Å². The van der Waals surface area contributed by atoms with E-state index < -0.39 is 0 Å². The molecule has 1 rings (SSSR count). The highest BCUT2D eigenvalue weighted by Crippen LogP contribution is 2.18. The van der Waals surface area contributed by atoms with Crippen LogP contribution in [0.4, 0.5) is 0 Å². The lowest BCUT2D eigenvalue weighted by molar-refractivity contribution is -0.000846. The van der Waals surface area contributed by atoms with Crippen molar-refractivity contribution in [2.75, 3.05) is 6.54 Å². The van der Waals surface area contributed by atoms with Gasteiger partial charge in [-0.05, 0) is 46.1 Å². The highest BCUT2D eigenvalue weighted by Gasteiger charge is 2.20. The van der Waals surface area contributed by atoms with Crippen LogP contribution in [0.25, 0.3) is 0 Å². The third-order valence-corrected chi connectivity index (χ3v) is 3.49. The molecule has 0 amide bonds. The lowest BCUT2D eigenvalue weighted by atomic mass is 10.1. The smallest absolute Gasteiger partial charge is 0.0562 e.